The Morgan fingerprint density at radius 1 is 1.33 bits per heavy atom. The van der Waals surface area contributed by atoms with Crippen molar-refractivity contribution in [1.82, 2.24) is 0 Å². The fourth-order valence-electron chi connectivity index (χ4n) is 2.32. The lowest BCUT2D eigenvalue weighted by Gasteiger charge is -2.22. The molecule has 1 aliphatic rings. The molecule has 0 amide bonds. The number of aliphatic hydroxyl groups is 1. The maximum Gasteiger partial charge on any atom is 0.294 e. The third-order valence-corrected chi connectivity index (χ3v) is 4.67. The third-order valence-electron chi connectivity index (χ3n) is 3.30. The molecule has 2 unspecified atom stereocenters. The summed E-state index contributed by atoms with van der Waals surface area (Å²) in [5.41, 5.74) is 0. The summed E-state index contributed by atoms with van der Waals surface area (Å²) in [5.74, 6) is 0.491. The van der Waals surface area contributed by atoms with Crippen LogP contribution in [0.25, 0.3) is 0 Å². The summed E-state index contributed by atoms with van der Waals surface area (Å²) >= 11 is 0. The molecule has 0 spiro atoms. The molecule has 4 nitrogen and oxygen atoms in total. The second-order valence-corrected chi connectivity index (χ2v) is 6.22. The first-order chi connectivity index (χ1) is 6.89. The quantitative estimate of drug-likeness (QED) is 0.580. The molecular formula is C10H20O4S. The zero-order valence-electron chi connectivity index (χ0n) is 9.15. The molecule has 90 valence electrons. The Hall–Kier alpha value is -0.130. The van der Waals surface area contributed by atoms with Crippen molar-refractivity contribution in [1.29, 1.82) is 0 Å². The predicted molar refractivity (Wildman–Crippen MR) is 58.0 cm³/mol. The van der Waals surface area contributed by atoms with Crippen LogP contribution in [0.2, 0.25) is 0 Å². The van der Waals surface area contributed by atoms with Crippen LogP contribution < -0.4 is 0 Å². The van der Waals surface area contributed by atoms with Gasteiger partial charge < -0.3 is 5.11 Å². The van der Waals surface area contributed by atoms with Crippen molar-refractivity contribution in [3.05, 3.63) is 0 Å². The molecule has 0 aromatic carbocycles. The second-order valence-electron chi connectivity index (χ2n) is 4.51. The van der Waals surface area contributed by atoms with Gasteiger partial charge in [-0.3, -0.25) is 4.55 Å². The van der Waals surface area contributed by atoms with Crippen molar-refractivity contribution in [3.63, 3.8) is 0 Å². The summed E-state index contributed by atoms with van der Waals surface area (Å²) in [4.78, 5) is -1.89. The molecule has 0 heterocycles. The van der Waals surface area contributed by atoms with Crippen molar-refractivity contribution in [3.8, 4) is 0 Å². The van der Waals surface area contributed by atoms with E-state index < -0.39 is 15.1 Å². The van der Waals surface area contributed by atoms with Gasteiger partial charge in [-0.1, -0.05) is 26.2 Å². The van der Waals surface area contributed by atoms with Crippen molar-refractivity contribution >= 4 is 10.1 Å². The lowest BCUT2D eigenvalue weighted by molar-refractivity contribution is 0.0955. The zero-order valence-corrected chi connectivity index (χ0v) is 9.96. The molecule has 0 radical (unpaired) electrons. The lowest BCUT2D eigenvalue weighted by atomic mass is 9.95. The summed E-state index contributed by atoms with van der Waals surface area (Å²) in [5, 5.41) is 9.84. The summed E-state index contributed by atoms with van der Waals surface area (Å²) in [6.45, 7) is 2.10. The van der Waals surface area contributed by atoms with Crippen molar-refractivity contribution < 1.29 is 18.1 Å². The minimum Gasteiger partial charge on any atom is -0.372 e. The highest BCUT2D eigenvalue weighted by Gasteiger charge is 2.41. The molecule has 2 atom stereocenters. The van der Waals surface area contributed by atoms with Gasteiger partial charge in [-0.2, -0.15) is 8.42 Å². The van der Waals surface area contributed by atoms with Crippen LogP contribution in [0.1, 0.15) is 51.9 Å². The topological polar surface area (TPSA) is 74.6 Å². The van der Waals surface area contributed by atoms with Crippen LogP contribution in [0.3, 0.4) is 0 Å². The van der Waals surface area contributed by atoms with Crippen LogP contribution in [0, 0.1) is 5.92 Å². The third kappa shape index (κ3) is 3.16. The number of hydrogen-bond donors (Lipinski definition) is 2. The summed E-state index contributed by atoms with van der Waals surface area (Å²) in [7, 11) is -4.33. The van der Waals surface area contributed by atoms with E-state index in [-0.39, 0.29) is 12.8 Å². The molecule has 1 rings (SSSR count). The van der Waals surface area contributed by atoms with Crippen LogP contribution in [-0.2, 0) is 10.1 Å². The first kappa shape index (κ1) is 12.9. The van der Waals surface area contributed by atoms with Crippen LogP contribution in [0.5, 0.6) is 0 Å². The highest BCUT2D eigenvalue weighted by molar-refractivity contribution is 7.87. The standard InChI is InChI=1S/C10H20O4S/c1-2-4-9-5-3-7-10(11,8-6-9)15(12,13)14/h9,11H,2-8H2,1H3,(H,12,13,14). The molecule has 2 N–H and O–H groups in total. The molecule has 1 aliphatic carbocycles. The van der Waals surface area contributed by atoms with Gasteiger partial charge >= 0.3 is 0 Å². The van der Waals surface area contributed by atoms with E-state index in [0.29, 0.717) is 18.8 Å². The molecule has 0 saturated heterocycles. The molecule has 1 fully saturated rings. The Labute approximate surface area is 91.4 Å². The molecular weight excluding hydrogens is 216 g/mol. The van der Waals surface area contributed by atoms with E-state index in [4.69, 9.17) is 4.55 Å². The molecule has 5 heteroatoms. The largest absolute Gasteiger partial charge is 0.372 e. The van der Waals surface area contributed by atoms with Gasteiger partial charge in [-0.25, -0.2) is 0 Å². The van der Waals surface area contributed by atoms with E-state index in [9.17, 15) is 13.5 Å². The Balaban J connectivity index is 2.67. The average Bonchev–Trinajstić information content (AvgIpc) is 2.29. The highest BCUT2D eigenvalue weighted by Crippen LogP contribution is 2.35. The minimum atomic E-state index is -4.33. The fourth-order valence-corrected chi connectivity index (χ4v) is 3.10. The normalized spacial score (nSPS) is 33.7. The SMILES string of the molecule is CCCC1CCCC(O)(S(=O)(=O)O)CC1. The highest BCUT2D eigenvalue weighted by atomic mass is 32.2. The fraction of sp³-hybridized carbons (Fsp3) is 1.00. The van der Waals surface area contributed by atoms with Crippen molar-refractivity contribution in [2.24, 2.45) is 5.92 Å². The Bertz CT molecular complexity index is 299. The van der Waals surface area contributed by atoms with Gasteiger partial charge in [-0.05, 0) is 31.6 Å². The monoisotopic (exact) mass is 236 g/mol. The van der Waals surface area contributed by atoms with Crippen molar-refractivity contribution in [2.45, 2.75) is 56.8 Å². The predicted octanol–water partition coefficient (Wildman–Crippen LogP) is 1.94. The van der Waals surface area contributed by atoms with Gasteiger partial charge in [0.15, 0.2) is 4.93 Å². The minimum absolute atomic E-state index is 0.159. The van der Waals surface area contributed by atoms with E-state index in [0.717, 1.165) is 19.3 Å². The van der Waals surface area contributed by atoms with Gasteiger partial charge in [0.2, 0.25) is 0 Å². The van der Waals surface area contributed by atoms with E-state index in [1.807, 2.05) is 0 Å². The number of rotatable bonds is 3. The summed E-state index contributed by atoms with van der Waals surface area (Å²) < 4.78 is 31.0. The van der Waals surface area contributed by atoms with Gasteiger partial charge in [0.1, 0.15) is 0 Å². The molecule has 0 bridgehead atoms. The van der Waals surface area contributed by atoms with E-state index in [1.54, 1.807) is 0 Å². The smallest absolute Gasteiger partial charge is 0.294 e. The first-order valence-electron chi connectivity index (χ1n) is 5.58. The van der Waals surface area contributed by atoms with Crippen LogP contribution in [0.4, 0.5) is 0 Å². The van der Waals surface area contributed by atoms with Gasteiger partial charge in [0.25, 0.3) is 10.1 Å². The Kier molecular flexibility index (Phi) is 4.14. The maximum absolute atomic E-state index is 11.0. The van der Waals surface area contributed by atoms with E-state index in [2.05, 4.69) is 6.92 Å². The molecule has 0 aromatic rings. The van der Waals surface area contributed by atoms with Gasteiger partial charge in [-0.15, -0.1) is 0 Å². The Morgan fingerprint density at radius 2 is 2.00 bits per heavy atom. The summed E-state index contributed by atoms with van der Waals surface area (Å²) in [6.07, 6.45) is 4.77. The molecule has 0 aromatic heterocycles. The van der Waals surface area contributed by atoms with E-state index in [1.165, 1.54) is 0 Å². The second kappa shape index (κ2) is 4.80. The lowest BCUT2D eigenvalue weighted by Crippen LogP contribution is -2.37. The van der Waals surface area contributed by atoms with Gasteiger partial charge in [0, 0.05) is 0 Å². The Morgan fingerprint density at radius 3 is 2.53 bits per heavy atom. The van der Waals surface area contributed by atoms with Crippen LogP contribution in [-0.4, -0.2) is 23.0 Å². The molecule has 0 aliphatic heterocycles. The molecule has 15 heavy (non-hydrogen) atoms. The number of hydrogen-bond acceptors (Lipinski definition) is 3. The zero-order chi connectivity index (χ0) is 11.5. The molecule has 1 saturated carbocycles. The maximum atomic E-state index is 11.0. The average molecular weight is 236 g/mol. The van der Waals surface area contributed by atoms with Crippen LogP contribution in [0.15, 0.2) is 0 Å². The van der Waals surface area contributed by atoms with E-state index >= 15 is 0 Å². The van der Waals surface area contributed by atoms with Crippen molar-refractivity contribution in [2.75, 3.05) is 0 Å². The van der Waals surface area contributed by atoms with Crippen LogP contribution >= 0.6 is 0 Å². The first-order valence-corrected chi connectivity index (χ1v) is 7.02. The summed E-state index contributed by atoms with van der Waals surface area (Å²) in [6, 6.07) is 0. The van der Waals surface area contributed by atoms with Gasteiger partial charge in [0.05, 0.1) is 0 Å².